The van der Waals surface area contributed by atoms with Crippen LogP contribution >= 0.6 is 11.6 Å². The fraction of sp³-hybridized carbons (Fsp3) is 0.400. The molecular formula is C15H20ClN3. The molecule has 2 aromatic rings. The van der Waals surface area contributed by atoms with Crippen molar-refractivity contribution in [1.29, 1.82) is 0 Å². The fourth-order valence-corrected chi connectivity index (χ4v) is 2.34. The number of nitrogens with two attached hydrogens (primary N) is 1. The summed E-state index contributed by atoms with van der Waals surface area (Å²) in [4.78, 5) is 0. The van der Waals surface area contributed by atoms with Crippen LogP contribution < -0.4 is 5.73 Å². The molecule has 0 aliphatic carbocycles. The molecule has 4 heteroatoms. The van der Waals surface area contributed by atoms with Gasteiger partial charge in [-0.25, -0.2) is 0 Å². The van der Waals surface area contributed by atoms with E-state index in [9.17, 15) is 0 Å². The normalized spacial score (nSPS) is 11.8. The van der Waals surface area contributed by atoms with Gasteiger partial charge in [0, 0.05) is 28.6 Å². The summed E-state index contributed by atoms with van der Waals surface area (Å²) in [5, 5.41) is 5.31. The third-order valence-corrected chi connectivity index (χ3v) is 4.09. The summed E-state index contributed by atoms with van der Waals surface area (Å²) in [5.74, 6) is 0.657. The maximum absolute atomic E-state index is 6.31. The van der Waals surface area contributed by atoms with Crippen LogP contribution in [0.5, 0.6) is 0 Å². The van der Waals surface area contributed by atoms with Crippen molar-refractivity contribution >= 4 is 17.4 Å². The lowest BCUT2D eigenvalue weighted by Crippen LogP contribution is -2.17. The standard InChI is InChI=1S/C15H20ClN3/c1-5-15(2,3)13-12(14(17)19(4)18-13)10-8-6-7-9-11(10)16/h6-9H,5,17H2,1-4H3. The number of hydrogen-bond donors (Lipinski definition) is 1. The second-order valence-corrected chi connectivity index (χ2v) is 5.86. The Balaban J connectivity index is 2.73. The van der Waals surface area contributed by atoms with Crippen molar-refractivity contribution in [1.82, 2.24) is 9.78 Å². The molecule has 1 heterocycles. The van der Waals surface area contributed by atoms with Gasteiger partial charge in [0.1, 0.15) is 5.82 Å². The van der Waals surface area contributed by atoms with Crippen molar-refractivity contribution in [3.8, 4) is 11.1 Å². The van der Waals surface area contributed by atoms with Crippen LogP contribution in [-0.4, -0.2) is 9.78 Å². The highest BCUT2D eigenvalue weighted by atomic mass is 35.5. The zero-order valence-electron chi connectivity index (χ0n) is 11.9. The van der Waals surface area contributed by atoms with Crippen LogP contribution in [0.1, 0.15) is 32.9 Å². The molecule has 0 aliphatic rings. The smallest absolute Gasteiger partial charge is 0.129 e. The van der Waals surface area contributed by atoms with Crippen molar-refractivity contribution < 1.29 is 0 Å². The summed E-state index contributed by atoms with van der Waals surface area (Å²) >= 11 is 6.31. The van der Waals surface area contributed by atoms with Gasteiger partial charge in [0.25, 0.3) is 0 Å². The first-order chi connectivity index (χ1) is 8.88. The summed E-state index contributed by atoms with van der Waals surface area (Å²) in [6.45, 7) is 6.51. The van der Waals surface area contributed by atoms with E-state index in [2.05, 4.69) is 25.9 Å². The van der Waals surface area contributed by atoms with Crippen molar-refractivity contribution in [3.05, 3.63) is 35.0 Å². The van der Waals surface area contributed by atoms with Gasteiger partial charge in [-0.05, 0) is 12.5 Å². The molecule has 19 heavy (non-hydrogen) atoms. The van der Waals surface area contributed by atoms with E-state index in [4.69, 9.17) is 17.3 Å². The SMILES string of the molecule is CCC(C)(C)c1nn(C)c(N)c1-c1ccccc1Cl. The molecule has 0 spiro atoms. The summed E-state index contributed by atoms with van der Waals surface area (Å²) < 4.78 is 1.73. The second kappa shape index (κ2) is 4.89. The van der Waals surface area contributed by atoms with Crippen molar-refractivity contribution in [3.63, 3.8) is 0 Å². The second-order valence-electron chi connectivity index (χ2n) is 5.45. The van der Waals surface area contributed by atoms with Gasteiger partial charge in [0.15, 0.2) is 0 Å². The van der Waals surface area contributed by atoms with E-state index >= 15 is 0 Å². The summed E-state index contributed by atoms with van der Waals surface area (Å²) in [6, 6.07) is 7.76. The number of aromatic nitrogens is 2. The quantitative estimate of drug-likeness (QED) is 0.921. The van der Waals surface area contributed by atoms with E-state index in [1.807, 2.05) is 31.3 Å². The zero-order chi connectivity index (χ0) is 14.2. The number of rotatable bonds is 3. The number of aryl methyl sites for hydroxylation is 1. The van der Waals surface area contributed by atoms with Gasteiger partial charge in [0.05, 0.1) is 5.69 Å². The molecule has 0 unspecified atom stereocenters. The average molecular weight is 278 g/mol. The van der Waals surface area contributed by atoms with Crippen molar-refractivity contribution in [2.24, 2.45) is 7.05 Å². The molecule has 0 atom stereocenters. The Kier molecular flexibility index (Phi) is 3.59. The third-order valence-electron chi connectivity index (χ3n) is 3.76. The first kappa shape index (κ1) is 13.9. The number of benzene rings is 1. The molecule has 0 radical (unpaired) electrons. The van der Waals surface area contributed by atoms with Crippen LogP contribution in [0.25, 0.3) is 11.1 Å². The van der Waals surface area contributed by atoms with E-state index < -0.39 is 0 Å². The van der Waals surface area contributed by atoms with Crippen molar-refractivity contribution in [2.75, 3.05) is 5.73 Å². The Bertz CT molecular complexity index is 599. The lowest BCUT2D eigenvalue weighted by molar-refractivity contribution is 0.483. The molecule has 0 amide bonds. The van der Waals surface area contributed by atoms with Crippen molar-refractivity contribution in [2.45, 2.75) is 32.6 Å². The molecule has 3 nitrogen and oxygen atoms in total. The molecule has 0 bridgehead atoms. The molecule has 1 aromatic heterocycles. The molecule has 0 saturated heterocycles. The Morgan fingerprint density at radius 1 is 1.32 bits per heavy atom. The number of nitrogen functional groups attached to an aromatic ring is 1. The molecule has 2 N–H and O–H groups in total. The molecule has 0 fully saturated rings. The first-order valence-electron chi connectivity index (χ1n) is 6.46. The molecule has 102 valence electrons. The van der Waals surface area contributed by atoms with Crippen LogP contribution in [0, 0.1) is 0 Å². The summed E-state index contributed by atoms with van der Waals surface area (Å²) in [6.07, 6.45) is 0.987. The minimum absolute atomic E-state index is 0.0378. The van der Waals surface area contributed by atoms with Crippen LogP contribution in [0.15, 0.2) is 24.3 Å². The van der Waals surface area contributed by atoms with Crippen LogP contribution in [0.3, 0.4) is 0 Å². The van der Waals surface area contributed by atoms with E-state index in [-0.39, 0.29) is 5.41 Å². The average Bonchev–Trinajstić information content (AvgIpc) is 2.68. The largest absolute Gasteiger partial charge is 0.383 e. The molecule has 2 rings (SSSR count). The first-order valence-corrected chi connectivity index (χ1v) is 6.84. The van der Waals surface area contributed by atoms with Crippen LogP contribution in [0.4, 0.5) is 5.82 Å². The molecule has 1 aromatic carbocycles. The highest BCUT2D eigenvalue weighted by molar-refractivity contribution is 6.33. The zero-order valence-corrected chi connectivity index (χ0v) is 12.6. The van der Waals surface area contributed by atoms with Gasteiger partial charge in [0.2, 0.25) is 0 Å². The third kappa shape index (κ3) is 2.35. The minimum atomic E-state index is -0.0378. The topological polar surface area (TPSA) is 43.8 Å². The Morgan fingerprint density at radius 2 is 1.95 bits per heavy atom. The Labute approximate surface area is 119 Å². The number of hydrogen-bond acceptors (Lipinski definition) is 2. The van der Waals surface area contributed by atoms with E-state index in [1.54, 1.807) is 4.68 Å². The summed E-state index contributed by atoms with van der Waals surface area (Å²) in [5.41, 5.74) is 9.07. The molecule has 0 saturated carbocycles. The molecule has 0 aliphatic heterocycles. The van der Waals surface area contributed by atoms with Crippen LogP contribution in [0.2, 0.25) is 5.02 Å². The Morgan fingerprint density at radius 3 is 2.53 bits per heavy atom. The number of halogens is 1. The van der Waals surface area contributed by atoms with E-state index in [1.165, 1.54) is 0 Å². The highest BCUT2D eigenvalue weighted by Crippen LogP contribution is 2.40. The van der Waals surface area contributed by atoms with Gasteiger partial charge >= 0.3 is 0 Å². The lowest BCUT2D eigenvalue weighted by atomic mass is 9.83. The van der Waals surface area contributed by atoms with Gasteiger partial charge in [-0.1, -0.05) is 50.6 Å². The maximum atomic E-state index is 6.31. The summed E-state index contributed by atoms with van der Waals surface area (Å²) in [7, 11) is 1.87. The van der Waals surface area contributed by atoms with Gasteiger partial charge in [-0.2, -0.15) is 5.10 Å². The monoisotopic (exact) mass is 277 g/mol. The maximum Gasteiger partial charge on any atom is 0.129 e. The highest BCUT2D eigenvalue weighted by Gasteiger charge is 2.29. The van der Waals surface area contributed by atoms with E-state index in [0.717, 1.165) is 23.2 Å². The van der Waals surface area contributed by atoms with Crippen LogP contribution in [-0.2, 0) is 12.5 Å². The van der Waals surface area contributed by atoms with Gasteiger partial charge < -0.3 is 5.73 Å². The predicted octanol–water partition coefficient (Wildman–Crippen LogP) is 4.01. The van der Waals surface area contributed by atoms with E-state index in [0.29, 0.717) is 10.8 Å². The number of anilines is 1. The van der Waals surface area contributed by atoms with Gasteiger partial charge in [-0.15, -0.1) is 0 Å². The Hall–Kier alpha value is -1.48. The van der Waals surface area contributed by atoms with Gasteiger partial charge in [-0.3, -0.25) is 4.68 Å². The minimum Gasteiger partial charge on any atom is -0.383 e. The number of nitrogens with zero attached hydrogens (tertiary/aromatic N) is 2. The predicted molar refractivity (Wildman–Crippen MR) is 81.4 cm³/mol. The molecular weight excluding hydrogens is 258 g/mol. The lowest BCUT2D eigenvalue weighted by Gasteiger charge is -2.22. The fourth-order valence-electron chi connectivity index (χ4n) is 2.11.